The maximum Gasteiger partial charge on any atom is 0.339 e. The summed E-state index contributed by atoms with van der Waals surface area (Å²) in [4.78, 5) is 36.6. The van der Waals surface area contributed by atoms with E-state index in [1.807, 2.05) is 87.5 Å². The van der Waals surface area contributed by atoms with Gasteiger partial charge >= 0.3 is 5.97 Å². The van der Waals surface area contributed by atoms with E-state index < -0.39 is 11.2 Å². The molecule has 1 saturated heterocycles. The molecule has 2 amide bonds. The first-order chi connectivity index (χ1) is 24.2. The minimum Gasteiger partial charge on any atom is -0.489 e. The highest BCUT2D eigenvalue weighted by atomic mass is 32.2. The minimum atomic E-state index is -0.577. The number of fused-ring (bicyclic) bond motifs is 1. The number of thioether (sulfide) groups is 1. The molecule has 0 saturated carbocycles. The van der Waals surface area contributed by atoms with Crippen molar-refractivity contribution in [2.75, 3.05) is 6.61 Å². The molecule has 0 radical (unpaired) electrons. The summed E-state index contributed by atoms with van der Waals surface area (Å²) in [5.41, 5.74) is 7.36. The topological polar surface area (TPSA) is 100 Å². The Hall–Kier alpha value is -5.02. The number of hydrogen-bond donors (Lipinski definition) is 1. The van der Waals surface area contributed by atoms with Gasteiger partial charge in [-0.2, -0.15) is 0 Å². The molecule has 0 bridgehead atoms. The molecule has 51 heavy (non-hydrogen) atoms. The molecule has 1 N–H and O–H groups in total. The van der Waals surface area contributed by atoms with Gasteiger partial charge < -0.3 is 18.9 Å². The Balaban J connectivity index is 1.10. The van der Waals surface area contributed by atoms with E-state index >= 15 is 0 Å². The van der Waals surface area contributed by atoms with E-state index in [1.54, 1.807) is 12.1 Å². The van der Waals surface area contributed by atoms with Crippen molar-refractivity contribution in [3.63, 3.8) is 0 Å². The van der Waals surface area contributed by atoms with Crippen LogP contribution in [0.3, 0.4) is 0 Å². The lowest BCUT2D eigenvalue weighted by molar-refractivity contribution is -0.115. The lowest BCUT2D eigenvalue weighted by atomic mass is 9.87. The molecule has 264 valence electrons. The summed E-state index contributed by atoms with van der Waals surface area (Å²) in [6.45, 7) is 14.7. The molecule has 6 rings (SSSR count). The molecule has 8 nitrogen and oxygen atoms in total. The Morgan fingerprint density at radius 1 is 0.922 bits per heavy atom. The highest BCUT2D eigenvalue weighted by Crippen LogP contribution is 2.44. The van der Waals surface area contributed by atoms with Gasteiger partial charge in [0.1, 0.15) is 41.7 Å². The summed E-state index contributed by atoms with van der Waals surface area (Å²) in [6, 6.07) is 23.0. The maximum absolute atomic E-state index is 12.9. The van der Waals surface area contributed by atoms with Gasteiger partial charge in [-0.05, 0) is 136 Å². The lowest BCUT2D eigenvalue weighted by Crippen LogP contribution is -2.42. The summed E-state index contributed by atoms with van der Waals surface area (Å²) in [6.07, 6.45) is 3.30. The van der Waals surface area contributed by atoms with Crippen molar-refractivity contribution in [1.82, 2.24) is 5.32 Å². The highest BCUT2D eigenvalue weighted by molar-refractivity contribution is 8.18. The van der Waals surface area contributed by atoms with Gasteiger partial charge in [-0.25, -0.2) is 4.79 Å². The largest absolute Gasteiger partial charge is 0.489 e. The van der Waals surface area contributed by atoms with E-state index in [1.165, 1.54) is 0 Å². The molecule has 1 unspecified atom stereocenters. The Morgan fingerprint density at radius 3 is 2.29 bits per heavy atom. The number of hydrogen-bond acceptors (Lipinski definition) is 8. The van der Waals surface area contributed by atoms with Crippen LogP contribution in [0.1, 0.15) is 77.9 Å². The fourth-order valence-electron chi connectivity index (χ4n) is 6.25. The number of amides is 2. The standard InChI is InChI=1S/C42H43NO7S/c1-25-26(2)37-32(20-21-42(7,49-37)24-48-31-18-14-28(15-19-31)22-35-38(44)43-40(46)51-35)27(3)36(25)47-23-29-12-16-30(17-13-29)33-10-8-9-11-34(33)39(45)50-41(4,5)6/h8-19,22H,20-21,23-24H2,1-7H3,(H,43,44,46)/b35-22-. The van der Waals surface area contributed by atoms with Gasteiger partial charge in [-0.1, -0.05) is 54.6 Å². The van der Waals surface area contributed by atoms with Crippen LogP contribution in [-0.2, 0) is 22.6 Å². The van der Waals surface area contributed by atoms with E-state index in [9.17, 15) is 14.4 Å². The molecular formula is C42H43NO7S. The molecule has 1 atom stereocenters. The molecule has 4 aromatic carbocycles. The van der Waals surface area contributed by atoms with Crippen molar-refractivity contribution in [3.8, 4) is 28.4 Å². The molecule has 0 spiro atoms. The smallest absolute Gasteiger partial charge is 0.339 e. The lowest BCUT2D eigenvalue weighted by Gasteiger charge is -2.38. The first kappa shape index (κ1) is 35.8. The zero-order valence-electron chi connectivity index (χ0n) is 30.1. The Kier molecular flexibility index (Phi) is 10.0. The van der Waals surface area contributed by atoms with E-state index in [2.05, 4.69) is 33.0 Å². The Morgan fingerprint density at radius 2 is 1.63 bits per heavy atom. The number of nitrogens with one attached hydrogen (secondary N) is 1. The summed E-state index contributed by atoms with van der Waals surface area (Å²) in [5, 5.41) is 1.91. The molecule has 2 heterocycles. The van der Waals surface area contributed by atoms with Crippen LogP contribution in [0.25, 0.3) is 17.2 Å². The highest BCUT2D eigenvalue weighted by Gasteiger charge is 2.36. The quantitative estimate of drug-likeness (QED) is 0.136. The van der Waals surface area contributed by atoms with Gasteiger partial charge in [0.05, 0.1) is 10.5 Å². The number of carbonyl (C=O) groups excluding carboxylic acids is 3. The molecule has 4 aromatic rings. The summed E-state index contributed by atoms with van der Waals surface area (Å²) in [5.74, 6) is 1.75. The monoisotopic (exact) mass is 705 g/mol. The average molecular weight is 706 g/mol. The van der Waals surface area contributed by atoms with Crippen LogP contribution >= 0.6 is 11.8 Å². The van der Waals surface area contributed by atoms with E-state index in [-0.39, 0.29) is 17.1 Å². The van der Waals surface area contributed by atoms with Crippen molar-refractivity contribution in [2.45, 2.75) is 79.1 Å². The van der Waals surface area contributed by atoms with Crippen LogP contribution in [0.5, 0.6) is 17.2 Å². The fraction of sp³-hybridized carbons (Fsp3) is 0.310. The maximum atomic E-state index is 12.9. The number of imide groups is 1. The Labute approximate surface area is 303 Å². The van der Waals surface area contributed by atoms with Crippen LogP contribution in [0.4, 0.5) is 4.79 Å². The second kappa shape index (κ2) is 14.3. The van der Waals surface area contributed by atoms with Crippen molar-refractivity contribution in [1.29, 1.82) is 0 Å². The minimum absolute atomic E-state index is 0.340. The molecule has 9 heteroatoms. The van der Waals surface area contributed by atoms with Crippen LogP contribution < -0.4 is 19.5 Å². The predicted molar refractivity (Wildman–Crippen MR) is 200 cm³/mol. The molecular weight excluding hydrogens is 663 g/mol. The van der Waals surface area contributed by atoms with Gasteiger partial charge in [-0.15, -0.1) is 0 Å². The van der Waals surface area contributed by atoms with Crippen LogP contribution in [-0.4, -0.2) is 34.9 Å². The number of esters is 1. The summed E-state index contributed by atoms with van der Waals surface area (Å²) >= 11 is 0.897. The van der Waals surface area contributed by atoms with Crippen molar-refractivity contribution < 1.29 is 33.3 Å². The zero-order chi connectivity index (χ0) is 36.5. The van der Waals surface area contributed by atoms with Crippen molar-refractivity contribution in [3.05, 3.63) is 117 Å². The normalized spacial score (nSPS) is 17.8. The van der Waals surface area contributed by atoms with E-state index in [0.29, 0.717) is 29.4 Å². The van der Waals surface area contributed by atoms with Crippen molar-refractivity contribution in [2.24, 2.45) is 0 Å². The number of rotatable bonds is 9. The molecule has 0 aromatic heterocycles. The van der Waals surface area contributed by atoms with Crippen LogP contribution in [0.2, 0.25) is 0 Å². The van der Waals surface area contributed by atoms with Gasteiger partial charge in [0.15, 0.2) is 0 Å². The second-order valence-electron chi connectivity index (χ2n) is 14.3. The zero-order valence-corrected chi connectivity index (χ0v) is 30.9. The SMILES string of the molecule is Cc1c(C)c2c(c(C)c1OCc1ccc(-c3ccccc3C(=O)OC(C)(C)C)cc1)CCC(C)(COc1ccc(/C=C3\SC(=O)NC3=O)cc1)O2. The molecule has 1 fully saturated rings. The number of benzene rings is 4. The van der Waals surface area contributed by atoms with Gasteiger partial charge in [0.2, 0.25) is 0 Å². The summed E-state index contributed by atoms with van der Waals surface area (Å²) < 4.78 is 25.0. The predicted octanol–water partition coefficient (Wildman–Crippen LogP) is 9.30. The average Bonchev–Trinajstić information content (AvgIpc) is 3.42. The summed E-state index contributed by atoms with van der Waals surface area (Å²) in [7, 11) is 0. The molecule has 2 aliphatic heterocycles. The van der Waals surface area contributed by atoms with E-state index in [0.717, 1.165) is 80.6 Å². The fourth-order valence-corrected chi connectivity index (χ4v) is 6.93. The third-order valence-electron chi connectivity index (χ3n) is 9.12. The third-order valence-corrected chi connectivity index (χ3v) is 9.93. The Bertz CT molecular complexity index is 2030. The van der Waals surface area contributed by atoms with Crippen molar-refractivity contribution >= 4 is 35.0 Å². The van der Waals surface area contributed by atoms with Crippen LogP contribution in [0, 0.1) is 20.8 Å². The van der Waals surface area contributed by atoms with Crippen LogP contribution in [0.15, 0.2) is 77.7 Å². The molecule has 2 aliphatic rings. The second-order valence-corrected chi connectivity index (χ2v) is 15.3. The first-order valence-corrected chi connectivity index (χ1v) is 17.9. The number of carbonyl (C=O) groups is 3. The van der Waals surface area contributed by atoms with Gasteiger partial charge in [-0.3, -0.25) is 14.9 Å². The first-order valence-electron chi connectivity index (χ1n) is 17.0. The third kappa shape index (κ3) is 8.15. The number of ether oxygens (including phenoxy) is 4. The van der Waals surface area contributed by atoms with E-state index in [4.69, 9.17) is 18.9 Å². The van der Waals surface area contributed by atoms with Gasteiger partial charge in [0, 0.05) is 5.56 Å². The van der Waals surface area contributed by atoms with Gasteiger partial charge in [0.25, 0.3) is 11.1 Å². The molecule has 0 aliphatic carbocycles.